The lowest BCUT2D eigenvalue weighted by Crippen LogP contribution is -2.23. The standard InChI is InChI=1S/C17H20N4OS2/c22-16-14-12-5-2-1-3-6-13(12)24-15(14)19-17(23)21(16)9-4-8-20-10-7-18-11-20/h7,10-11H,1-6,8-9H2,(H,19,23). The van der Waals surface area contributed by atoms with Crippen LogP contribution in [-0.4, -0.2) is 19.1 Å². The van der Waals surface area contributed by atoms with Gasteiger partial charge in [-0.3, -0.25) is 9.36 Å². The van der Waals surface area contributed by atoms with Crippen LogP contribution in [0.15, 0.2) is 23.5 Å². The molecule has 1 N–H and O–H groups in total. The second-order valence-electron chi connectivity index (χ2n) is 6.31. The highest BCUT2D eigenvalue weighted by molar-refractivity contribution is 7.71. The van der Waals surface area contributed by atoms with Crippen LogP contribution in [0.25, 0.3) is 10.2 Å². The molecule has 3 heterocycles. The summed E-state index contributed by atoms with van der Waals surface area (Å²) in [4.78, 5) is 22.7. The molecule has 0 fully saturated rings. The Hall–Kier alpha value is -1.73. The summed E-state index contributed by atoms with van der Waals surface area (Å²) in [5, 5.41) is 0.883. The highest BCUT2D eigenvalue weighted by Crippen LogP contribution is 2.32. The predicted octanol–water partition coefficient (Wildman–Crippen LogP) is 3.68. The normalized spacial score (nSPS) is 14.7. The van der Waals surface area contributed by atoms with Crippen molar-refractivity contribution in [2.75, 3.05) is 0 Å². The second-order valence-corrected chi connectivity index (χ2v) is 7.80. The molecule has 126 valence electrons. The molecule has 0 saturated heterocycles. The number of aromatic amines is 1. The monoisotopic (exact) mass is 360 g/mol. The molecule has 0 atom stereocenters. The number of H-pyrrole nitrogens is 1. The van der Waals surface area contributed by atoms with Crippen molar-refractivity contribution in [2.24, 2.45) is 0 Å². The summed E-state index contributed by atoms with van der Waals surface area (Å²) in [6.45, 7) is 1.47. The van der Waals surface area contributed by atoms with Gasteiger partial charge in [0.2, 0.25) is 0 Å². The number of nitrogens with one attached hydrogen (secondary N) is 1. The van der Waals surface area contributed by atoms with Gasteiger partial charge in [-0.15, -0.1) is 11.3 Å². The first-order valence-corrected chi connectivity index (χ1v) is 9.69. The molecule has 5 nitrogen and oxygen atoms in total. The van der Waals surface area contributed by atoms with Crippen LogP contribution in [0, 0.1) is 4.77 Å². The van der Waals surface area contributed by atoms with Gasteiger partial charge in [-0.25, -0.2) is 4.98 Å². The molecule has 0 bridgehead atoms. The molecule has 1 aliphatic carbocycles. The van der Waals surface area contributed by atoms with Gasteiger partial charge in [0.1, 0.15) is 4.83 Å². The summed E-state index contributed by atoms with van der Waals surface area (Å²) in [6.07, 6.45) is 12.1. The fraction of sp³-hybridized carbons (Fsp3) is 0.471. The number of aromatic nitrogens is 4. The van der Waals surface area contributed by atoms with E-state index in [0.29, 0.717) is 11.3 Å². The third kappa shape index (κ3) is 2.86. The van der Waals surface area contributed by atoms with Crippen LogP contribution in [0.3, 0.4) is 0 Å². The Morgan fingerprint density at radius 2 is 2.12 bits per heavy atom. The van der Waals surface area contributed by atoms with E-state index in [9.17, 15) is 4.79 Å². The molecule has 0 aromatic carbocycles. The molecule has 0 aliphatic heterocycles. The van der Waals surface area contributed by atoms with E-state index in [2.05, 4.69) is 9.97 Å². The molecule has 4 rings (SSSR count). The van der Waals surface area contributed by atoms with Crippen LogP contribution >= 0.6 is 23.6 Å². The first kappa shape index (κ1) is 15.8. The van der Waals surface area contributed by atoms with Crippen LogP contribution in [0.1, 0.15) is 36.1 Å². The number of hydrogen-bond acceptors (Lipinski definition) is 4. The van der Waals surface area contributed by atoms with Gasteiger partial charge < -0.3 is 9.55 Å². The smallest absolute Gasteiger partial charge is 0.263 e. The topological polar surface area (TPSA) is 55.6 Å². The lowest BCUT2D eigenvalue weighted by atomic mass is 10.1. The van der Waals surface area contributed by atoms with E-state index >= 15 is 0 Å². The zero-order valence-electron chi connectivity index (χ0n) is 13.5. The van der Waals surface area contributed by atoms with Gasteiger partial charge in [0.05, 0.1) is 11.7 Å². The molecule has 0 radical (unpaired) electrons. The quantitative estimate of drug-likeness (QED) is 0.570. The van der Waals surface area contributed by atoms with Crippen molar-refractivity contribution in [2.45, 2.75) is 51.6 Å². The SMILES string of the molecule is O=c1c2c3c(sc2[nH]c(=S)n1CCCn1ccnc1)CCCCC3. The number of nitrogens with zero attached hydrogens (tertiary/aromatic N) is 3. The summed E-state index contributed by atoms with van der Waals surface area (Å²) in [5.74, 6) is 0. The summed E-state index contributed by atoms with van der Waals surface area (Å²) >= 11 is 7.17. The number of aryl methyl sites for hydroxylation is 3. The zero-order chi connectivity index (χ0) is 16.5. The van der Waals surface area contributed by atoms with Gasteiger partial charge in [-0.1, -0.05) is 6.42 Å². The van der Waals surface area contributed by atoms with E-state index in [1.165, 1.54) is 29.7 Å². The van der Waals surface area contributed by atoms with Gasteiger partial charge in [0.15, 0.2) is 4.77 Å². The molecule has 0 amide bonds. The molecule has 0 saturated carbocycles. The number of fused-ring (bicyclic) bond motifs is 3. The third-order valence-electron chi connectivity index (χ3n) is 4.70. The van der Waals surface area contributed by atoms with E-state index in [1.54, 1.807) is 28.4 Å². The number of imidazole rings is 1. The molecule has 3 aromatic heterocycles. The Balaban J connectivity index is 1.69. The van der Waals surface area contributed by atoms with E-state index in [1.807, 2.05) is 10.8 Å². The minimum absolute atomic E-state index is 0.0822. The van der Waals surface area contributed by atoms with Crippen LogP contribution in [0.5, 0.6) is 0 Å². The highest BCUT2D eigenvalue weighted by atomic mass is 32.1. The molecule has 3 aromatic rings. The molecule has 24 heavy (non-hydrogen) atoms. The summed E-state index contributed by atoms with van der Waals surface area (Å²) in [5.41, 5.74) is 1.35. The zero-order valence-corrected chi connectivity index (χ0v) is 15.1. The van der Waals surface area contributed by atoms with E-state index in [4.69, 9.17) is 12.2 Å². The van der Waals surface area contributed by atoms with Crippen molar-refractivity contribution in [1.82, 2.24) is 19.1 Å². The molecular weight excluding hydrogens is 340 g/mol. The van der Waals surface area contributed by atoms with Gasteiger partial charge in [0.25, 0.3) is 5.56 Å². The minimum Gasteiger partial charge on any atom is -0.337 e. The average Bonchev–Trinajstić information content (AvgIpc) is 3.13. The molecule has 7 heteroatoms. The van der Waals surface area contributed by atoms with Crippen molar-refractivity contribution in [3.05, 3.63) is 44.3 Å². The maximum Gasteiger partial charge on any atom is 0.263 e. The first-order chi connectivity index (χ1) is 11.7. The fourth-order valence-electron chi connectivity index (χ4n) is 3.48. The summed E-state index contributed by atoms with van der Waals surface area (Å²) in [6, 6.07) is 0. The highest BCUT2D eigenvalue weighted by Gasteiger charge is 2.19. The van der Waals surface area contributed by atoms with E-state index in [-0.39, 0.29) is 5.56 Å². The number of rotatable bonds is 4. The van der Waals surface area contributed by atoms with Crippen LogP contribution in [-0.2, 0) is 25.9 Å². The van der Waals surface area contributed by atoms with Crippen molar-refractivity contribution in [3.8, 4) is 0 Å². The Kier molecular flexibility index (Phi) is 4.37. The maximum atomic E-state index is 13.1. The van der Waals surface area contributed by atoms with Crippen LogP contribution in [0.2, 0.25) is 0 Å². The van der Waals surface area contributed by atoms with Crippen molar-refractivity contribution in [1.29, 1.82) is 0 Å². The number of thiophene rings is 1. The van der Waals surface area contributed by atoms with Gasteiger partial charge >= 0.3 is 0 Å². The largest absolute Gasteiger partial charge is 0.337 e. The van der Waals surface area contributed by atoms with E-state index in [0.717, 1.165) is 36.0 Å². The fourth-order valence-corrected chi connectivity index (χ4v) is 5.10. The van der Waals surface area contributed by atoms with E-state index < -0.39 is 0 Å². The average molecular weight is 361 g/mol. The van der Waals surface area contributed by atoms with Crippen molar-refractivity contribution in [3.63, 3.8) is 0 Å². The second kappa shape index (κ2) is 6.64. The van der Waals surface area contributed by atoms with Crippen LogP contribution < -0.4 is 5.56 Å². The number of hydrogen-bond donors (Lipinski definition) is 1. The van der Waals surface area contributed by atoms with Crippen molar-refractivity contribution >= 4 is 33.8 Å². The maximum absolute atomic E-state index is 13.1. The molecular formula is C17H20N4OS2. The Labute approximate surface area is 149 Å². The summed E-state index contributed by atoms with van der Waals surface area (Å²) < 4.78 is 4.29. The first-order valence-electron chi connectivity index (χ1n) is 8.47. The Morgan fingerprint density at radius 3 is 2.96 bits per heavy atom. The van der Waals surface area contributed by atoms with Crippen LogP contribution in [0.4, 0.5) is 0 Å². The lowest BCUT2D eigenvalue weighted by Gasteiger charge is -2.08. The summed E-state index contributed by atoms with van der Waals surface area (Å²) in [7, 11) is 0. The van der Waals surface area contributed by atoms with Gasteiger partial charge in [-0.05, 0) is 49.9 Å². The molecule has 0 spiro atoms. The third-order valence-corrected chi connectivity index (χ3v) is 6.23. The Morgan fingerprint density at radius 1 is 1.25 bits per heavy atom. The predicted molar refractivity (Wildman–Crippen MR) is 99.4 cm³/mol. The minimum atomic E-state index is 0.0822. The van der Waals surface area contributed by atoms with Crippen molar-refractivity contribution < 1.29 is 0 Å². The lowest BCUT2D eigenvalue weighted by molar-refractivity contribution is 0.546. The molecule has 1 aliphatic rings. The Bertz CT molecular complexity index is 965. The van der Waals surface area contributed by atoms with Gasteiger partial charge in [0, 0.05) is 30.4 Å². The molecule has 0 unspecified atom stereocenters. The van der Waals surface area contributed by atoms with Gasteiger partial charge in [-0.2, -0.15) is 0 Å².